The number of methoxy groups -OCH3 is 1. The average molecular weight is 321 g/mol. The molecule has 1 aliphatic carbocycles. The van der Waals surface area contributed by atoms with Crippen LogP contribution in [0.15, 0.2) is 0 Å². The first-order valence-corrected chi connectivity index (χ1v) is 8.84. The fourth-order valence-corrected chi connectivity index (χ4v) is 4.74. The lowest BCUT2D eigenvalue weighted by molar-refractivity contribution is 0.107. The lowest BCUT2D eigenvalue weighted by Crippen LogP contribution is -2.61. The summed E-state index contributed by atoms with van der Waals surface area (Å²) >= 11 is 0. The van der Waals surface area contributed by atoms with Gasteiger partial charge >= 0.3 is 16.3 Å². The molecule has 0 spiro atoms. The molecule has 2 unspecified atom stereocenters. The van der Waals surface area contributed by atoms with Crippen LogP contribution in [0.2, 0.25) is 0 Å². The largest absolute Gasteiger partial charge is 0.452 e. The van der Waals surface area contributed by atoms with E-state index in [0.717, 1.165) is 26.4 Å². The molecule has 0 heterocycles. The fraction of sp³-hybridized carbons (Fsp3) is 0.923. The molecule has 1 saturated carbocycles. The Kier molecular flexibility index (Phi) is 6.42. The zero-order valence-corrected chi connectivity index (χ0v) is 13.9. The van der Waals surface area contributed by atoms with Gasteiger partial charge in [0.2, 0.25) is 0 Å². The third-order valence-electron chi connectivity index (χ3n) is 4.09. The lowest BCUT2D eigenvalue weighted by atomic mass is 9.76. The van der Waals surface area contributed by atoms with Crippen LogP contribution in [0.1, 0.15) is 46.0 Å². The van der Waals surface area contributed by atoms with Crippen LogP contribution in [0.25, 0.3) is 0 Å². The minimum Gasteiger partial charge on any atom is -0.452 e. The Bertz CT molecular complexity index is 454. The van der Waals surface area contributed by atoms with Crippen molar-refractivity contribution in [1.82, 2.24) is 9.03 Å². The molecule has 7 nitrogen and oxygen atoms in total. The number of hydrogen-bond acceptors (Lipinski definition) is 5. The number of carbonyl (C=O) groups is 1. The van der Waals surface area contributed by atoms with Gasteiger partial charge in [-0.3, -0.25) is 0 Å². The highest BCUT2D eigenvalue weighted by Gasteiger charge is 2.45. The number of rotatable bonds is 6. The molecular formula is C13H27N3O4S. The first-order chi connectivity index (χ1) is 9.81. The number of nitrogens with two attached hydrogens (primary N) is 1. The van der Waals surface area contributed by atoms with Crippen molar-refractivity contribution in [2.24, 2.45) is 11.7 Å². The molecule has 8 heteroatoms. The monoisotopic (exact) mass is 321 g/mol. The maximum absolute atomic E-state index is 12.5. The minimum absolute atomic E-state index is 0.249. The molecule has 21 heavy (non-hydrogen) atoms. The van der Waals surface area contributed by atoms with E-state index in [1.165, 1.54) is 4.31 Å². The third-order valence-corrected chi connectivity index (χ3v) is 5.67. The standard InChI is InChI=1S/C13H27N3O4S/c1-4-8-16(21(18,19)15-12(17)20-3)13(10-14)7-5-6-11(2)9-13/h11H,4-10,14H2,1-3H3,(H,15,17). The summed E-state index contributed by atoms with van der Waals surface area (Å²) in [5.41, 5.74) is 5.32. The molecule has 0 radical (unpaired) electrons. The fourth-order valence-electron chi connectivity index (χ4n) is 3.16. The van der Waals surface area contributed by atoms with E-state index in [4.69, 9.17) is 5.73 Å². The van der Waals surface area contributed by atoms with E-state index in [1.54, 1.807) is 0 Å². The number of hydrogen-bond donors (Lipinski definition) is 2. The molecule has 1 amide bonds. The van der Waals surface area contributed by atoms with Crippen molar-refractivity contribution in [3.63, 3.8) is 0 Å². The normalized spacial score (nSPS) is 26.6. The van der Waals surface area contributed by atoms with Gasteiger partial charge in [0, 0.05) is 18.6 Å². The summed E-state index contributed by atoms with van der Waals surface area (Å²) in [5.74, 6) is 0.412. The lowest BCUT2D eigenvalue weighted by Gasteiger charge is -2.46. The summed E-state index contributed by atoms with van der Waals surface area (Å²) in [6.45, 7) is 4.58. The van der Waals surface area contributed by atoms with E-state index >= 15 is 0 Å². The van der Waals surface area contributed by atoms with Crippen LogP contribution in [0.3, 0.4) is 0 Å². The van der Waals surface area contributed by atoms with Crippen LogP contribution in [0.4, 0.5) is 4.79 Å². The third kappa shape index (κ3) is 4.31. The molecule has 1 aliphatic rings. The number of carbonyl (C=O) groups excluding carboxylic acids is 1. The minimum atomic E-state index is -3.96. The van der Waals surface area contributed by atoms with Gasteiger partial charge in [-0.1, -0.05) is 26.7 Å². The van der Waals surface area contributed by atoms with Gasteiger partial charge in [0.15, 0.2) is 0 Å². The van der Waals surface area contributed by atoms with Gasteiger partial charge in [-0.05, 0) is 25.2 Å². The van der Waals surface area contributed by atoms with E-state index in [9.17, 15) is 13.2 Å². The summed E-state index contributed by atoms with van der Waals surface area (Å²) in [6, 6.07) is 0. The summed E-state index contributed by atoms with van der Waals surface area (Å²) in [4.78, 5) is 11.3. The van der Waals surface area contributed by atoms with Crippen molar-refractivity contribution in [1.29, 1.82) is 0 Å². The van der Waals surface area contributed by atoms with E-state index in [0.29, 0.717) is 25.3 Å². The molecule has 0 aromatic heterocycles. The van der Waals surface area contributed by atoms with Crippen LogP contribution in [-0.4, -0.2) is 44.6 Å². The van der Waals surface area contributed by atoms with Crippen LogP contribution < -0.4 is 10.5 Å². The highest BCUT2D eigenvalue weighted by molar-refractivity contribution is 7.87. The van der Waals surface area contributed by atoms with Gasteiger partial charge in [0.05, 0.1) is 7.11 Å². The summed E-state index contributed by atoms with van der Waals surface area (Å²) in [7, 11) is -2.83. The van der Waals surface area contributed by atoms with E-state index < -0.39 is 21.8 Å². The molecule has 0 aromatic carbocycles. The Balaban J connectivity index is 3.10. The summed E-state index contributed by atoms with van der Waals surface area (Å²) in [6.07, 6.45) is 3.12. The SMILES string of the molecule is CCCN(C1(CN)CCCC(C)C1)S(=O)(=O)NC(=O)OC. The zero-order valence-electron chi connectivity index (χ0n) is 13.1. The molecule has 0 saturated heterocycles. The topological polar surface area (TPSA) is 102 Å². The molecule has 1 rings (SSSR count). The molecule has 0 aliphatic heterocycles. The predicted molar refractivity (Wildman–Crippen MR) is 80.9 cm³/mol. The molecule has 124 valence electrons. The Labute approximate surface area is 127 Å². The smallest absolute Gasteiger partial charge is 0.421 e. The molecular weight excluding hydrogens is 294 g/mol. The van der Waals surface area contributed by atoms with Crippen molar-refractivity contribution in [2.75, 3.05) is 20.2 Å². The average Bonchev–Trinajstić information content (AvgIpc) is 2.43. The highest BCUT2D eigenvalue weighted by atomic mass is 32.2. The van der Waals surface area contributed by atoms with E-state index in [-0.39, 0.29) is 6.54 Å². The van der Waals surface area contributed by atoms with E-state index in [1.807, 2.05) is 11.6 Å². The van der Waals surface area contributed by atoms with Gasteiger partial charge < -0.3 is 10.5 Å². The van der Waals surface area contributed by atoms with Crippen LogP contribution >= 0.6 is 0 Å². The number of amides is 1. The number of ether oxygens (including phenoxy) is 1. The number of nitrogens with zero attached hydrogens (tertiary/aromatic N) is 1. The molecule has 3 N–H and O–H groups in total. The van der Waals surface area contributed by atoms with Crippen LogP contribution in [0.5, 0.6) is 0 Å². The van der Waals surface area contributed by atoms with Gasteiger partial charge in [-0.25, -0.2) is 9.52 Å². The second-order valence-electron chi connectivity index (χ2n) is 5.80. The predicted octanol–water partition coefficient (Wildman–Crippen LogP) is 1.21. The van der Waals surface area contributed by atoms with Gasteiger partial charge in [-0.15, -0.1) is 0 Å². The van der Waals surface area contributed by atoms with Gasteiger partial charge in [0.1, 0.15) is 0 Å². The molecule has 0 aromatic rings. The van der Waals surface area contributed by atoms with Crippen molar-refractivity contribution in [3.8, 4) is 0 Å². The second-order valence-corrected chi connectivity index (χ2v) is 7.40. The highest BCUT2D eigenvalue weighted by Crippen LogP contribution is 2.37. The van der Waals surface area contributed by atoms with Gasteiger partial charge in [-0.2, -0.15) is 12.7 Å². The first-order valence-electron chi connectivity index (χ1n) is 7.40. The summed E-state index contributed by atoms with van der Waals surface area (Å²) < 4.78 is 32.8. The Morgan fingerprint density at radius 2 is 2.19 bits per heavy atom. The molecule has 1 fully saturated rings. The quantitative estimate of drug-likeness (QED) is 0.765. The zero-order chi connectivity index (χ0) is 16.1. The van der Waals surface area contributed by atoms with Crippen LogP contribution in [-0.2, 0) is 14.9 Å². The number of nitrogens with one attached hydrogen (secondary N) is 1. The van der Waals surface area contributed by atoms with Crippen LogP contribution in [0, 0.1) is 5.92 Å². The molecule has 0 bridgehead atoms. The Hall–Kier alpha value is -0.860. The van der Waals surface area contributed by atoms with Crippen molar-refractivity contribution >= 4 is 16.3 Å². The first kappa shape index (κ1) is 18.2. The maximum atomic E-state index is 12.5. The van der Waals surface area contributed by atoms with E-state index in [2.05, 4.69) is 11.7 Å². The second kappa shape index (κ2) is 7.42. The molecule has 2 atom stereocenters. The Morgan fingerprint density at radius 3 is 2.67 bits per heavy atom. The summed E-state index contributed by atoms with van der Waals surface area (Å²) in [5, 5.41) is 0. The van der Waals surface area contributed by atoms with Crippen molar-refractivity contribution in [2.45, 2.75) is 51.5 Å². The van der Waals surface area contributed by atoms with Gasteiger partial charge in [0.25, 0.3) is 0 Å². The maximum Gasteiger partial charge on any atom is 0.421 e. The van der Waals surface area contributed by atoms with Crippen molar-refractivity contribution < 1.29 is 17.9 Å². The van der Waals surface area contributed by atoms with Crippen molar-refractivity contribution in [3.05, 3.63) is 0 Å². The Morgan fingerprint density at radius 1 is 1.52 bits per heavy atom.